The van der Waals surface area contributed by atoms with Crippen LogP contribution >= 0.6 is 11.6 Å². The standard InChI is InChI=1S/C21H17ClFN7/c1-12-3-5-14(6-4-12)17-11-18(30-21(24-17)25-27-28-30)19-13(2)26-29(20(19)22)16-9-7-15(23)8-10-16/h3-11,18H,1-2H3,(H,24,25,28). The van der Waals surface area contributed by atoms with Crippen LogP contribution in [0.15, 0.2) is 54.6 Å². The molecule has 0 radical (unpaired) electrons. The molecule has 30 heavy (non-hydrogen) atoms. The maximum Gasteiger partial charge on any atom is 0.248 e. The third kappa shape index (κ3) is 3.05. The highest BCUT2D eigenvalue weighted by molar-refractivity contribution is 6.30. The number of benzene rings is 2. The molecule has 0 bridgehead atoms. The minimum absolute atomic E-state index is 0.318. The van der Waals surface area contributed by atoms with Crippen molar-refractivity contribution in [1.82, 2.24) is 30.0 Å². The number of hydrogen-bond acceptors (Lipinski definition) is 5. The van der Waals surface area contributed by atoms with Crippen molar-refractivity contribution in [2.24, 2.45) is 0 Å². The van der Waals surface area contributed by atoms with Crippen LogP contribution in [-0.4, -0.2) is 30.0 Å². The maximum atomic E-state index is 13.3. The molecule has 9 heteroatoms. The number of aryl methyl sites for hydroxylation is 2. The van der Waals surface area contributed by atoms with E-state index in [2.05, 4.69) is 38.1 Å². The van der Waals surface area contributed by atoms with E-state index in [4.69, 9.17) is 11.6 Å². The molecule has 150 valence electrons. The first-order valence-electron chi connectivity index (χ1n) is 9.36. The summed E-state index contributed by atoms with van der Waals surface area (Å²) in [6, 6.07) is 13.9. The number of fused-ring (bicyclic) bond motifs is 1. The van der Waals surface area contributed by atoms with E-state index in [-0.39, 0.29) is 11.9 Å². The molecule has 2 aromatic heterocycles. The second-order valence-corrected chi connectivity index (χ2v) is 7.50. The van der Waals surface area contributed by atoms with Gasteiger partial charge < -0.3 is 5.32 Å². The Hall–Kier alpha value is -3.52. The molecular weight excluding hydrogens is 405 g/mol. The molecule has 7 nitrogen and oxygen atoms in total. The van der Waals surface area contributed by atoms with Gasteiger partial charge in [-0.2, -0.15) is 9.78 Å². The molecule has 1 aliphatic heterocycles. The third-order valence-electron chi connectivity index (χ3n) is 5.10. The Morgan fingerprint density at radius 1 is 1.03 bits per heavy atom. The molecule has 0 aliphatic carbocycles. The van der Waals surface area contributed by atoms with E-state index >= 15 is 0 Å². The van der Waals surface area contributed by atoms with Gasteiger partial charge in [-0.05, 0) is 60.2 Å². The van der Waals surface area contributed by atoms with Gasteiger partial charge in [0.1, 0.15) is 17.0 Å². The van der Waals surface area contributed by atoms with Crippen molar-refractivity contribution in [3.63, 3.8) is 0 Å². The zero-order valence-corrected chi connectivity index (χ0v) is 17.0. The van der Waals surface area contributed by atoms with Crippen molar-refractivity contribution in [2.45, 2.75) is 19.9 Å². The molecule has 0 fully saturated rings. The number of allylic oxidation sites excluding steroid dienone is 1. The highest BCUT2D eigenvalue weighted by Gasteiger charge is 2.30. The molecule has 3 heterocycles. The van der Waals surface area contributed by atoms with Crippen molar-refractivity contribution in [1.29, 1.82) is 0 Å². The highest BCUT2D eigenvalue weighted by Crippen LogP contribution is 2.37. The molecule has 2 aromatic carbocycles. The summed E-state index contributed by atoms with van der Waals surface area (Å²) in [5, 5.41) is 20.3. The number of rotatable bonds is 3. The van der Waals surface area contributed by atoms with E-state index in [1.54, 1.807) is 21.5 Å². The summed E-state index contributed by atoms with van der Waals surface area (Å²) in [6.07, 6.45) is 2.03. The number of nitrogens with zero attached hydrogens (tertiary/aromatic N) is 6. The van der Waals surface area contributed by atoms with E-state index in [9.17, 15) is 4.39 Å². The summed E-state index contributed by atoms with van der Waals surface area (Å²) in [6.45, 7) is 3.93. The molecule has 4 aromatic rings. The van der Waals surface area contributed by atoms with Crippen molar-refractivity contribution in [2.75, 3.05) is 5.32 Å². The Labute approximate surface area is 176 Å². The molecule has 1 unspecified atom stereocenters. The van der Waals surface area contributed by atoms with Gasteiger partial charge in [-0.3, -0.25) is 0 Å². The summed E-state index contributed by atoms with van der Waals surface area (Å²) >= 11 is 6.76. The number of anilines is 1. The van der Waals surface area contributed by atoms with E-state index in [1.165, 1.54) is 17.7 Å². The number of hydrogen-bond donors (Lipinski definition) is 1. The van der Waals surface area contributed by atoms with E-state index in [0.717, 1.165) is 22.5 Å². The maximum absolute atomic E-state index is 13.3. The number of aromatic nitrogens is 6. The lowest BCUT2D eigenvalue weighted by atomic mass is 10.0. The molecule has 1 aliphatic rings. The second kappa shape index (κ2) is 7.07. The van der Waals surface area contributed by atoms with E-state index in [1.807, 2.05) is 32.1 Å². The number of halogens is 2. The van der Waals surface area contributed by atoms with Gasteiger partial charge in [0.25, 0.3) is 0 Å². The Bertz CT molecular complexity index is 1260. The number of tetrazole rings is 1. The van der Waals surface area contributed by atoms with Crippen LogP contribution in [0.4, 0.5) is 10.3 Å². The molecule has 0 saturated heterocycles. The molecular formula is C21H17ClFN7. The van der Waals surface area contributed by atoms with Gasteiger partial charge in [0.15, 0.2) is 0 Å². The summed E-state index contributed by atoms with van der Waals surface area (Å²) in [7, 11) is 0. The van der Waals surface area contributed by atoms with Gasteiger partial charge >= 0.3 is 0 Å². The van der Waals surface area contributed by atoms with Gasteiger partial charge in [-0.15, -0.1) is 0 Å². The largest absolute Gasteiger partial charge is 0.323 e. The van der Waals surface area contributed by atoms with Crippen LogP contribution < -0.4 is 5.32 Å². The summed E-state index contributed by atoms with van der Waals surface area (Å²) in [4.78, 5) is 0. The van der Waals surface area contributed by atoms with Crippen LogP contribution in [0.1, 0.15) is 28.4 Å². The summed E-state index contributed by atoms with van der Waals surface area (Å²) in [5.74, 6) is 0.199. The minimum atomic E-state index is -0.353. The smallest absolute Gasteiger partial charge is 0.248 e. The van der Waals surface area contributed by atoms with Gasteiger partial charge in [0.2, 0.25) is 5.95 Å². The first-order chi connectivity index (χ1) is 14.5. The first-order valence-corrected chi connectivity index (χ1v) is 9.74. The SMILES string of the molecule is Cc1ccc(C2=CC(c3c(C)nn(-c4ccc(F)cc4)c3Cl)n3nnnc3N2)cc1. The van der Waals surface area contributed by atoms with Crippen molar-refractivity contribution in [3.05, 3.63) is 88.0 Å². The Morgan fingerprint density at radius 3 is 2.50 bits per heavy atom. The van der Waals surface area contributed by atoms with Crippen LogP contribution in [0.25, 0.3) is 11.4 Å². The summed E-state index contributed by atoms with van der Waals surface area (Å²) < 4.78 is 16.6. The molecule has 0 spiro atoms. The lowest BCUT2D eigenvalue weighted by Crippen LogP contribution is -2.20. The van der Waals surface area contributed by atoms with Gasteiger partial charge in [0, 0.05) is 11.3 Å². The van der Waals surface area contributed by atoms with Gasteiger partial charge in [-0.1, -0.05) is 46.5 Å². The Morgan fingerprint density at radius 2 is 1.77 bits per heavy atom. The van der Waals surface area contributed by atoms with Crippen LogP contribution in [-0.2, 0) is 0 Å². The Balaban J connectivity index is 1.63. The van der Waals surface area contributed by atoms with E-state index in [0.29, 0.717) is 16.8 Å². The van der Waals surface area contributed by atoms with Crippen molar-refractivity contribution in [3.8, 4) is 5.69 Å². The predicted molar refractivity (Wildman–Crippen MR) is 112 cm³/mol. The van der Waals surface area contributed by atoms with Gasteiger partial charge in [0.05, 0.1) is 11.4 Å². The number of nitrogens with one attached hydrogen (secondary N) is 1. The normalized spacial score (nSPS) is 15.5. The molecule has 0 saturated carbocycles. The van der Waals surface area contributed by atoms with Crippen LogP contribution in [0.3, 0.4) is 0 Å². The highest BCUT2D eigenvalue weighted by atomic mass is 35.5. The van der Waals surface area contributed by atoms with Crippen LogP contribution in [0.2, 0.25) is 5.15 Å². The van der Waals surface area contributed by atoms with E-state index < -0.39 is 0 Å². The zero-order chi connectivity index (χ0) is 20.8. The quantitative estimate of drug-likeness (QED) is 0.533. The van der Waals surface area contributed by atoms with Crippen molar-refractivity contribution < 1.29 is 4.39 Å². The lowest BCUT2D eigenvalue weighted by molar-refractivity contribution is 0.584. The molecule has 0 amide bonds. The monoisotopic (exact) mass is 421 g/mol. The van der Waals surface area contributed by atoms with Crippen molar-refractivity contribution >= 4 is 23.2 Å². The van der Waals surface area contributed by atoms with Crippen LogP contribution in [0.5, 0.6) is 0 Å². The fraction of sp³-hybridized carbons (Fsp3) is 0.143. The topological polar surface area (TPSA) is 73.5 Å². The Kier molecular flexibility index (Phi) is 4.36. The summed E-state index contributed by atoms with van der Waals surface area (Å²) in [5.41, 5.74) is 5.25. The minimum Gasteiger partial charge on any atom is -0.323 e. The van der Waals surface area contributed by atoms with Crippen LogP contribution in [0, 0.1) is 19.7 Å². The fourth-order valence-corrected chi connectivity index (χ4v) is 3.95. The van der Waals surface area contributed by atoms with Gasteiger partial charge in [-0.25, -0.2) is 9.07 Å². The average molecular weight is 422 g/mol. The second-order valence-electron chi connectivity index (χ2n) is 7.14. The first kappa shape index (κ1) is 18.5. The average Bonchev–Trinajstić information content (AvgIpc) is 3.33. The fourth-order valence-electron chi connectivity index (χ4n) is 3.56. The predicted octanol–water partition coefficient (Wildman–Crippen LogP) is 4.32. The zero-order valence-electron chi connectivity index (χ0n) is 16.2. The molecule has 1 atom stereocenters. The molecule has 1 N–H and O–H groups in total. The third-order valence-corrected chi connectivity index (χ3v) is 5.47. The lowest BCUT2D eigenvalue weighted by Gasteiger charge is -2.23. The molecule has 5 rings (SSSR count).